The number of imidazole rings is 1. The smallest absolute Gasteiger partial charge is 0.222 e. The molecule has 0 unspecified atom stereocenters. The third-order valence-corrected chi connectivity index (χ3v) is 6.49. The summed E-state index contributed by atoms with van der Waals surface area (Å²) in [5.74, 6) is 3.61. The number of carbonyl (C=O) groups excluding carboxylic acids is 1. The van der Waals surface area contributed by atoms with Gasteiger partial charge < -0.3 is 14.0 Å². The molecular formula is C20H28N6O. The first-order chi connectivity index (χ1) is 13.3. The zero-order valence-electron chi connectivity index (χ0n) is 15.8. The summed E-state index contributed by atoms with van der Waals surface area (Å²) in [7, 11) is 0. The fourth-order valence-corrected chi connectivity index (χ4v) is 4.46. The van der Waals surface area contributed by atoms with Gasteiger partial charge in [-0.05, 0) is 44.4 Å². The fraction of sp³-hybridized carbons (Fsp3) is 0.700. The van der Waals surface area contributed by atoms with Crippen molar-refractivity contribution in [2.45, 2.75) is 69.9 Å². The normalized spacial score (nSPS) is 21.4. The number of aromatic nitrogens is 5. The van der Waals surface area contributed by atoms with Crippen molar-refractivity contribution in [2.75, 3.05) is 13.1 Å². The zero-order valence-corrected chi connectivity index (χ0v) is 15.8. The molecular weight excluding hydrogens is 340 g/mol. The van der Waals surface area contributed by atoms with Crippen LogP contribution in [0, 0.1) is 5.92 Å². The molecule has 0 aromatic carbocycles. The molecule has 2 aliphatic carbocycles. The molecule has 2 aromatic heterocycles. The van der Waals surface area contributed by atoms with E-state index in [4.69, 9.17) is 0 Å². The van der Waals surface area contributed by atoms with E-state index >= 15 is 0 Å². The Kier molecular flexibility index (Phi) is 4.45. The standard InChI is InChI=1S/C20H28N6O/c27-19(12-15-2-1-3-15)25-9-6-16(7-10-25)20-23-22-18(26(20)17-4-5-17)13-24-11-8-21-14-24/h8,11,14-17H,1-7,9-10,12-13H2. The molecule has 0 radical (unpaired) electrons. The van der Waals surface area contributed by atoms with E-state index in [1.54, 1.807) is 6.20 Å². The fourth-order valence-electron chi connectivity index (χ4n) is 4.46. The molecule has 2 saturated carbocycles. The van der Waals surface area contributed by atoms with Crippen LogP contribution < -0.4 is 0 Å². The minimum absolute atomic E-state index is 0.364. The number of hydrogen-bond donors (Lipinski definition) is 0. The first-order valence-electron chi connectivity index (χ1n) is 10.4. The van der Waals surface area contributed by atoms with Crippen molar-refractivity contribution in [1.82, 2.24) is 29.2 Å². The molecule has 1 amide bonds. The molecule has 5 rings (SSSR count). The highest BCUT2D eigenvalue weighted by Crippen LogP contribution is 2.40. The number of nitrogens with zero attached hydrogens (tertiary/aromatic N) is 6. The predicted molar refractivity (Wildman–Crippen MR) is 100 cm³/mol. The molecule has 0 N–H and O–H groups in total. The van der Waals surface area contributed by atoms with E-state index in [1.165, 1.54) is 32.1 Å². The van der Waals surface area contributed by atoms with Gasteiger partial charge in [-0.1, -0.05) is 6.42 Å². The van der Waals surface area contributed by atoms with E-state index in [0.29, 0.717) is 23.8 Å². The molecule has 27 heavy (non-hydrogen) atoms. The summed E-state index contributed by atoms with van der Waals surface area (Å²) >= 11 is 0. The zero-order chi connectivity index (χ0) is 18.2. The average molecular weight is 368 g/mol. The van der Waals surface area contributed by atoms with Crippen LogP contribution in [0.4, 0.5) is 0 Å². The molecule has 0 bridgehead atoms. The lowest BCUT2D eigenvalue weighted by molar-refractivity contribution is -0.133. The van der Waals surface area contributed by atoms with E-state index in [1.807, 2.05) is 17.1 Å². The van der Waals surface area contributed by atoms with Crippen molar-refractivity contribution in [3.8, 4) is 0 Å². The van der Waals surface area contributed by atoms with Crippen LogP contribution in [0.15, 0.2) is 18.7 Å². The maximum absolute atomic E-state index is 12.5. The molecule has 7 heteroatoms. The molecule has 3 heterocycles. The van der Waals surface area contributed by atoms with Gasteiger partial charge in [-0.15, -0.1) is 10.2 Å². The van der Waals surface area contributed by atoms with Crippen molar-refractivity contribution in [3.63, 3.8) is 0 Å². The van der Waals surface area contributed by atoms with Crippen LogP contribution in [-0.4, -0.2) is 48.2 Å². The van der Waals surface area contributed by atoms with Gasteiger partial charge in [0.25, 0.3) is 0 Å². The molecule has 3 aliphatic rings. The van der Waals surface area contributed by atoms with Crippen molar-refractivity contribution >= 4 is 5.91 Å². The largest absolute Gasteiger partial charge is 0.343 e. The van der Waals surface area contributed by atoms with Gasteiger partial charge in [0.05, 0.1) is 12.9 Å². The third kappa shape index (κ3) is 3.51. The van der Waals surface area contributed by atoms with Gasteiger partial charge in [0.1, 0.15) is 5.82 Å². The molecule has 7 nitrogen and oxygen atoms in total. The number of hydrogen-bond acceptors (Lipinski definition) is 4. The summed E-state index contributed by atoms with van der Waals surface area (Å²) in [6.45, 7) is 2.46. The van der Waals surface area contributed by atoms with E-state index in [0.717, 1.165) is 50.5 Å². The number of amides is 1. The van der Waals surface area contributed by atoms with Crippen LogP contribution in [0.1, 0.15) is 75.0 Å². The van der Waals surface area contributed by atoms with E-state index < -0.39 is 0 Å². The Bertz CT molecular complexity index is 782. The van der Waals surface area contributed by atoms with Gasteiger partial charge in [-0.2, -0.15) is 0 Å². The third-order valence-electron chi connectivity index (χ3n) is 6.49. The Hall–Kier alpha value is -2.18. The number of likely N-dealkylation sites (tertiary alicyclic amines) is 1. The highest BCUT2D eigenvalue weighted by atomic mass is 16.2. The van der Waals surface area contributed by atoms with Crippen molar-refractivity contribution in [1.29, 1.82) is 0 Å². The topological polar surface area (TPSA) is 68.8 Å². The summed E-state index contributed by atoms with van der Waals surface area (Å²) in [5.41, 5.74) is 0. The quantitative estimate of drug-likeness (QED) is 0.786. The lowest BCUT2D eigenvalue weighted by Gasteiger charge is -2.34. The van der Waals surface area contributed by atoms with Gasteiger partial charge in [0.2, 0.25) is 5.91 Å². The highest BCUT2D eigenvalue weighted by Gasteiger charge is 2.34. The number of piperidine rings is 1. The maximum Gasteiger partial charge on any atom is 0.222 e. The Morgan fingerprint density at radius 1 is 1.07 bits per heavy atom. The molecule has 2 aromatic rings. The lowest BCUT2D eigenvalue weighted by atomic mass is 9.82. The van der Waals surface area contributed by atoms with Gasteiger partial charge in [-0.3, -0.25) is 4.79 Å². The highest BCUT2D eigenvalue weighted by molar-refractivity contribution is 5.76. The van der Waals surface area contributed by atoms with Gasteiger partial charge >= 0.3 is 0 Å². The number of carbonyl (C=O) groups is 1. The lowest BCUT2D eigenvalue weighted by Crippen LogP contribution is -2.39. The van der Waals surface area contributed by atoms with Crippen LogP contribution in [0.25, 0.3) is 0 Å². The Labute approximate surface area is 159 Å². The van der Waals surface area contributed by atoms with Gasteiger partial charge in [-0.25, -0.2) is 4.98 Å². The summed E-state index contributed by atoms with van der Waals surface area (Å²) < 4.78 is 4.44. The van der Waals surface area contributed by atoms with Crippen molar-refractivity contribution in [2.24, 2.45) is 5.92 Å². The van der Waals surface area contributed by atoms with E-state index in [2.05, 4.69) is 24.6 Å². The van der Waals surface area contributed by atoms with Crippen molar-refractivity contribution in [3.05, 3.63) is 30.4 Å². The summed E-state index contributed by atoms with van der Waals surface area (Å²) in [6, 6.07) is 0.562. The molecule has 0 spiro atoms. The minimum atomic E-state index is 0.364. The first kappa shape index (κ1) is 17.0. The predicted octanol–water partition coefficient (Wildman–Crippen LogP) is 2.75. The Balaban J connectivity index is 1.25. The first-order valence-corrected chi connectivity index (χ1v) is 10.4. The Morgan fingerprint density at radius 2 is 1.89 bits per heavy atom. The molecule has 144 valence electrons. The van der Waals surface area contributed by atoms with Crippen LogP contribution in [-0.2, 0) is 11.3 Å². The summed E-state index contributed by atoms with van der Waals surface area (Å²) in [5, 5.41) is 9.12. The molecule has 1 saturated heterocycles. The second kappa shape index (κ2) is 7.09. The monoisotopic (exact) mass is 368 g/mol. The van der Waals surface area contributed by atoms with Crippen molar-refractivity contribution < 1.29 is 4.79 Å². The number of rotatable bonds is 6. The van der Waals surface area contributed by atoms with E-state index in [9.17, 15) is 4.79 Å². The van der Waals surface area contributed by atoms with Gasteiger partial charge in [0, 0.05) is 43.9 Å². The van der Waals surface area contributed by atoms with E-state index in [-0.39, 0.29) is 0 Å². The molecule has 3 fully saturated rings. The summed E-state index contributed by atoms with van der Waals surface area (Å²) in [4.78, 5) is 18.7. The Morgan fingerprint density at radius 3 is 2.52 bits per heavy atom. The van der Waals surface area contributed by atoms with Gasteiger partial charge in [0.15, 0.2) is 5.82 Å². The molecule has 0 atom stereocenters. The maximum atomic E-state index is 12.5. The minimum Gasteiger partial charge on any atom is -0.343 e. The average Bonchev–Trinajstić information content (AvgIpc) is 3.20. The SMILES string of the molecule is O=C(CC1CCC1)N1CCC(c2nnc(Cn3ccnc3)n2C2CC2)CC1. The second-order valence-corrected chi connectivity index (χ2v) is 8.47. The molecule has 1 aliphatic heterocycles. The van der Waals surface area contributed by atoms with Crippen LogP contribution in [0.5, 0.6) is 0 Å². The second-order valence-electron chi connectivity index (χ2n) is 8.47. The summed E-state index contributed by atoms with van der Waals surface area (Å²) in [6.07, 6.45) is 14.6. The van der Waals surface area contributed by atoms with Crippen LogP contribution in [0.2, 0.25) is 0 Å². The van der Waals surface area contributed by atoms with Crippen LogP contribution in [0.3, 0.4) is 0 Å². The van der Waals surface area contributed by atoms with Crippen LogP contribution >= 0.6 is 0 Å².